The van der Waals surface area contributed by atoms with Crippen LogP contribution < -0.4 is 10.6 Å². The Morgan fingerprint density at radius 3 is 2.19 bits per heavy atom. The van der Waals surface area contributed by atoms with Crippen LogP contribution in [0.4, 0.5) is 5.69 Å². The summed E-state index contributed by atoms with van der Waals surface area (Å²) in [4.78, 5) is 25.3. The van der Waals surface area contributed by atoms with E-state index in [0.717, 1.165) is 36.9 Å². The van der Waals surface area contributed by atoms with E-state index in [4.69, 9.17) is 0 Å². The molecule has 2 N–H and O–H groups in total. The van der Waals surface area contributed by atoms with Gasteiger partial charge in [-0.1, -0.05) is 57.0 Å². The summed E-state index contributed by atoms with van der Waals surface area (Å²) < 4.78 is 0. The average molecular weight is 364 g/mol. The van der Waals surface area contributed by atoms with Crippen LogP contribution in [0.25, 0.3) is 0 Å². The zero-order valence-corrected chi connectivity index (χ0v) is 16.1. The zero-order chi connectivity index (χ0) is 19.3. The quantitative estimate of drug-likeness (QED) is 0.791. The van der Waals surface area contributed by atoms with Crippen LogP contribution in [0.1, 0.15) is 55.5 Å². The highest BCUT2D eigenvalue weighted by molar-refractivity contribution is 6.00. The molecule has 4 heteroatoms. The monoisotopic (exact) mass is 364 g/mol. The molecular weight excluding hydrogens is 336 g/mol. The van der Waals surface area contributed by atoms with E-state index in [1.807, 2.05) is 30.3 Å². The Morgan fingerprint density at radius 1 is 0.963 bits per heavy atom. The summed E-state index contributed by atoms with van der Waals surface area (Å²) in [5.74, 6) is 0.370. The summed E-state index contributed by atoms with van der Waals surface area (Å²) in [5, 5.41) is 5.97. The molecule has 0 aromatic heterocycles. The van der Waals surface area contributed by atoms with Gasteiger partial charge in [-0.2, -0.15) is 0 Å². The van der Waals surface area contributed by atoms with Crippen molar-refractivity contribution in [2.24, 2.45) is 5.92 Å². The maximum Gasteiger partial charge on any atom is 0.251 e. The van der Waals surface area contributed by atoms with Crippen LogP contribution in [0.5, 0.6) is 0 Å². The van der Waals surface area contributed by atoms with E-state index in [-0.39, 0.29) is 11.8 Å². The molecule has 27 heavy (non-hydrogen) atoms. The lowest BCUT2D eigenvalue weighted by atomic mass is 9.78. The van der Waals surface area contributed by atoms with Gasteiger partial charge in [0.05, 0.1) is 5.41 Å². The smallest absolute Gasteiger partial charge is 0.251 e. The van der Waals surface area contributed by atoms with Crippen LogP contribution in [0.15, 0.2) is 54.6 Å². The van der Waals surface area contributed by atoms with Crippen LogP contribution in [0, 0.1) is 5.92 Å². The van der Waals surface area contributed by atoms with Gasteiger partial charge in [-0.25, -0.2) is 0 Å². The van der Waals surface area contributed by atoms with Gasteiger partial charge in [0.15, 0.2) is 0 Å². The fraction of sp³-hybridized carbons (Fsp3) is 0.391. The van der Waals surface area contributed by atoms with Crippen molar-refractivity contribution in [2.75, 3.05) is 11.9 Å². The van der Waals surface area contributed by atoms with Crippen molar-refractivity contribution < 1.29 is 9.59 Å². The Labute approximate surface area is 161 Å². The molecule has 0 saturated heterocycles. The molecule has 0 spiro atoms. The summed E-state index contributed by atoms with van der Waals surface area (Å²) in [6.07, 6.45) is 3.88. The van der Waals surface area contributed by atoms with Crippen molar-refractivity contribution in [3.05, 3.63) is 65.7 Å². The normalized spacial score (nSPS) is 15.5. The largest absolute Gasteiger partial charge is 0.352 e. The van der Waals surface area contributed by atoms with Crippen LogP contribution in [-0.4, -0.2) is 18.4 Å². The fourth-order valence-corrected chi connectivity index (χ4v) is 3.74. The van der Waals surface area contributed by atoms with Crippen molar-refractivity contribution in [3.63, 3.8) is 0 Å². The maximum absolute atomic E-state index is 13.1. The Bertz CT molecular complexity index is 776. The summed E-state index contributed by atoms with van der Waals surface area (Å²) in [7, 11) is 0. The number of hydrogen-bond donors (Lipinski definition) is 2. The number of nitrogens with one attached hydrogen (secondary N) is 2. The van der Waals surface area contributed by atoms with Gasteiger partial charge in [-0.15, -0.1) is 0 Å². The molecule has 1 saturated carbocycles. The number of rotatable bonds is 6. The molecule has 0 aliphatic heterocycles. The minimum atomic E-state index is -0.450. The first kappa shape index (κ1) is 19.2. The van der Waals surface area contributed by atoms with Gasteiger partial charge < -0.3 is 10.6 Å². The van der Waals surface area contributed by atoms with Crippen molar-refractivity contribution in [1.29, 1.82) is 0 Å². The third-order valence-corrected chi connectivity index (χ3v) is 5.29. The van der Waals surface area contributed by atoms with E-state index in [0.29, 0.717) is 18.0 Å². The predicted octanol–water partition coefficient (Wildman–Crippen LogP) is 4.52. The number of carbonyl (C=O) groups is 2. The standard InChI is InChI=1S/C23H28N2O2/c1-17(2)16-24-21(26)18-10-12-20(13-11-18)25-22(27)23(14-6-7-15-23)19-8-4-3-5-9-19/h3-5,8-13,17H,6-7,14-16H2,1-2H3,(H,24,26)(H,25,27). The van der Waals surface area contributed by atoms with Gasteiger partial charge in [0, 0.05) is 17.8 Å². The summed E-state index contributed by atoms with van der Waals surface area (Å²) in [6.45, 7) is 4.77. The number of carbonyl (C=O) groups excluding carboxylic acids is 2. The minimum Gasteiger partial charge on any atom is -0.352 e. The van der Waals surface area contributed by atoms with E-state index in [9.17, 15) is 9.59 Å². The van der Waals surface area contributed by atoms with Gasteiger partial charge >= 0.3 is 0 Å². The first-order chi connectivity index (χ1) is 13.0. The molecule has 2 aromatic carbocycles. The van der Waals surface area contributed by atoms with E-state index < -0.39 is 5.41 Å². The molecule has 1 fully saturated rings. The van der Waals surface area contributed by atoms with Crippen LogP contribution in [0.2, 0.25) is 0 Å². The predicted molar refractivity (Wildman–Crippen MR) is 109 cm³/mol. The molecule has 0 radical (unpaired) electrons. The average Bonchev–Trinajstić information content (AvgIpc) is 3.18. The van der Waals surface area contributed by atoms with E-state index in [1.54, 1.807) is 24.3 Å². The highest BCUT2D eigenvalue weighted by Crippen LogP contribution is 2.42. The van der Waals surface area contributed by atoms with E-state index in [2.05, 4.69) is 24.5 Å². The van der Waals surface area contributed by atoms with Gasteiger partial charge in [0.2, 0.25) is 5.91 Å². The third-order valence-electron chi connectivity index (χ3n) is 5.29. The van der Waals surface area contributed by atoms with Crippen LogP contribution in [-0.2, 0) is 10.2 Å². The molecule has 0 atom stereocenters. The molecule has 1 aliphatic carbocycles. The number of anilines is 1. The van der Waals surface area contributed by atoms with Gasteiger partial charge in [0.25, 0.3) is 5.91 Å². The Morgan fingerprint density at radius 2 is 1.59 bits per heavy atom. The fourth-order valence-electron chi connectivity index (χ4n) is 3.74. The summed E-state index contributed by atoms with van der Waals surface area (Å²) >= 11 is 0. The number of benzene rings is 2. The lowest BCUT2D eigenvalue weighted by molar-refractivity contribution is -0.121. The molecule has 0 heterocycles. The van der Waals surface area contributed by atoms with Gasteiger partial charge in [-0.3, -0.25) is 9.59 Å². The molecule has 2 amide bonds. The maximum atomic E-state index is 13.1. The Kier molecular flexibility index (Phi) is 5.94. The molecule has 142 valence electrons. The topological polar surface area (TPSA) is 58.2 Å². The lowest BCUT2D eigenvalue weighted by Gasteiger charge is -2.28. The summed E-state index contributed by atoms with van der Waals surface area (Å²) in [6, 6.07) is 17.2. The first-order valence-corrected chi connectivity index (χ1v) is 9.76. The highest BCUT2D eigenvalue weighted by Gasteiger charge is 2.42. The minimum absolute atomic E-state index is 0.0446. The molecule has 0 bridgehead atoms. The van der Waals surface area contributed by atoms with Crippen molar-refractivity contribution >= 4 is 17.5 Å². The van der Waals surface area contributed by atoms with Gasteiger partial charge in [-0.05, 0) is 48.6 Å². The second-order valence-electron chi connectivity index (χ2n) is 7.79. The molecule has 4 nitrogen and oxygen atoms in total. The van der Waals surface area contributed by atoms with E-state index in [1.165, 1.54) is 0 Å². The second-order valence-corrected chi connectivity index (χ2v) is 7.79. The number of hydrogen-bond acceptors (Lipinski definition) is 2. The zero-order valence-electron chi connectivity index (χ0n) is 16.1. The molecule has 0 unspecified atom stereocenters. The first-order valence-electron chi connectivity index (χ1n) is 9.76. The summed E-state index contributed by atoms with van der Waals surface area (Å²) in [5.41, 5.74) is 1.97. The highest BCUT2D eigenvalue weighted by atomic mass is 16.2. The third kappa shape index (κ3) is 4.38. The SMILES string of the molecule is CC(C)CNC(=O)c1ccc(NC(=O)C2(c3ccccc3)CCCC2)cc1. The van der Waals surface area contributed by atoms with Crippen molar-refractivity contribution in [1.82, 2.24) is 5.32 Å². The second kappa shape index (κ2) is 8.38. The molecular formula is C23H28N2O2. The molecule has 3 rings (SSSR count). The van der Waals surface area contributed by atoms with Crippen LogP contribution >= 0.6 is 0 Å². The number of amides is 2. The van der Waals surface area contributed by atoms with Crippen LogP contribution in [0.3, 0.4) is 0 Å². The molecule has 2 aromatic rings. The molecule has 1 aliphatic rings. The van der Waals surface area contributed by atoms with E-state index >= 15 is 0 Å². The Balaban J connectivity index is 1.71. The lowest BCUT2D eigenvalue weighted by Crippen LogP contribution is -2.38. The van der Waals surface area contributed by atoms with Gasteiger partial charge in [0.1, 0.15) is 0 Å². The van der Waals surface area contributed by atoms with Crippen molar-refractivity contribution in [2.45, 2.75) is 44.9 Å². The Hall–Kier alpha value is -2.62. The van der Waals surface area contributed by atoms with Crippen molar-refractivity contribution in [3.8, 4) is 0 Å².